The summed E-state index contributed by atoms with van der Waals surface area (Å²) < 4.78 is 15.0. The summed E-state index contributed by atoms with van der Waals surface area (Å²) in [5.41, 5.74) is 2.11. The fraction of sp³-hybridized carbons (Fsp3) is 0.294. The molecular weight excluding hydrogens is 323 g/mol. The SMILES string of the molecule is Cc1nc2ccc(N3CCC(F)C3)nn2c1C(=O)Nc1cccnc1. The first-order chi connectivity index (χ1) is 12.1. The summed E-state index contributed by atoms with van der Waals surface area (Å²) in [6, 6.07) is 7.10. The molecule has 7 nitrogen and oxygen atoms in total. The molecule has 0 bridgehead atoms. The van der Waals surface area contributed by atoms with Gasteiger partial charge in [0, 0.05) is 12.7 Å². The third-order valence-corrected chi connectivity index (χ3v) is 4.23. The molecule has 3 aromatic heterocycles. The second-order valence-corrected chi connectivity index (χ2v) is 6.04. The standard InChI is InChI=1S/C17H17FN6O/c1-11-16(17(25)21-13-3-2-7-19-9-13)24-14(20-11)4-5-15(22-24)23-8-6-12(18)10-23/h2-5,7,9,12H,6,8,10H2,1H3,(H,21,25). The van der Waals surface area contributed by atoms with E-state index in [-0.39, 0.29) is 5.91 Å². The van der Waals surface area contributed by atoms with Crippen molar-refractivity contribution in [3.8, 4) is 0 Å². The van der Waals surface area contributed by atoms with Crippen LogP contribution in [0, 0.1) is 6.92 Å². The number of alkyl halides is 1. The van der Waals surface area contributed by atoms with Crippen molar-refractivity contribution < 1.29 is 9.18 Å². The first-order valence-corrected chi connectivity index (χ1v) is 8.08. The van der Waals surface area contributed by atoms with Crippen LogP contribution in [0.15, 0.2) is 36.7 Å². The van der Waals surface area contributed by atoms with Crippen LogP contribution in [0.2, 0.25) is 0 Å². The lowest BCUT2D eigenvalue weighted by Crippen LogP contribution is -2.23. The van der Waals surface area contributed by atoms with E-state index in [2.05, 4.69) is 20.4 Å². The lowest BCUT2D eigenvalue weighted by molar-refractivity contribution is 0.101. The van der Waals surface area contributed by atoms with Crippen molar-refractivity contribution in [1.29, 1.82) is 0 Å². The molecule has 0 spiro atoms. The van der Waals surface area contributed by atoms with Gasteiger partial charge in [0.05, 0.1) is 24.1 Å². The monoisotopic (exact) mass is 340 g/mol. The molecule has 3 aromatic rings. The smallest absolute Gasteiger partial charge is 0.276 e. The Balaban J connectivity index is 1.70. The van der Waals surface area contributed by atoms with E-state index < -0.39 is 6.17 Å². The number of aromatic nitrogens is 4. The minimum atomic E-state index is -0.838. The highest BCUT2D eigenvalue weighted by atomic mass is 19.1. The number of halogens is 1. The number of hydrogen-bond acceptors (Lipinski definition) is 5. The lowest BCUT2D eigenvalue weighted by Gasteiger charge is -2.16. The van der Waals surface area contributed by atoms with Gasteiger partial charge < -0.3 is 10.2 Å². The largest absolute Gasteiger partial charge is 0.352 e. The first-order valence-electron chi connectivity index (χ1n) is 8.08. The summed E-state index contributed by atoms with van der Waals surface area (Å²) in [4.78, 5) is 22.9. The van der Waals surface area contributed by atoms with Gasteiger partial charge in [-0.15, -0.1) is 5.10 Å². The second kappa shape index (κ2) is 6.12. The Bertz CT molecular complexity index is 926. The van der Waals surface area contributed by atoms with Gasteiger partial charge >= 0.3 is 0 Å². The van der Waals surface area contributed by atoms with Gasteiger partial charge in [0.2, 0.25) is 0 Å². The van der Waals surface area contributed by atoms with Crippen molar-refractivity contribution >= 4 is 23.1 Å². The molecule has 25 heavy (non-hydrogen) atoms. The van der Waals surface area contributed by atoms with E-state index in [0.717, 1.165) is 0 Å². The highest BCUT2D eigenvalue weighted by Crippen LogP contribution is 2.21. The van der Waals surface area contributed by atoms with E-state index in [1.54, 1.807) is 37.5 Å². The molecule has 1 saturated heterocycles. The third-order valence-electron chi connectivity index (χ3n) is 4.23. The number of amides is 1. The molecule has 4 heterocycles. The molecule has 1 aliphatic heterocycles. The predicted molar refractivity (Wildman–Crippen MR) is 91.6 cm³/mol. The maximum absolute atomic E-state index is 13.5. The molecule has 1 atom stereocenters. The summed E-state index contributed by atoms with van der Waals surface area (Å²) in [6.45, 7) is 2.70. The Morgan fingerprint density at radius 3 is 2.96 bits per heavy atom. The van der Waals surface area contributed by atoms with Crippen LogP contribution in [-0.2, 0) is 0 Å². The maximum atomic E-state index is 13.5. The van der Waals surface area contributed by atoms with Gasteiger partial charge in [-0.05, 0) is 37.6 Å². The van der Waals surface area contributed by atoms with Crippen LogP contribution in [0.5, 0.6) is 0 Å². The van der Waals surface area contributed by atoms with Crippen LogP contribution >= 0.6 is 0 Å². The predicted octanol–water partition coefficient (Wildman–Crippen LogP) is 2.23. The average Bonchev–Trinajstić information content (AvgIpc) is 3.17. The van der Waals surface area contributed by atoms with Gasteiger partial charge in [-0.25, -0.2) is 13.9 Å². The van der Waals surface area contributed by atoms with Crippen LogP contribution in [-0.4, -0.2) is 44.8 Å². The number of nitrogens with one attached hydrogen (secondary N) is 1. The minimum Gasteiger partial charge on any atom is -0.352 e. The molecule has 0 aromatic carbocycles. The van der Waals surface area contributed by atoms with Crippen LogP contribution in [0.1, 0.15) is 22.6 Å². The van der Waals surface area contributed by atoms with E-state index in [0.29, 0.717) is 48.1 Å². The number of rotatable bonds is 3. The summed E-state index contributed by atoms with van der Waals surface area (Å²) in [7, 11) is 0. The minimum absolute atomic E-state index is 0.313. The number of anilines is 2. The van der Waals surface area contributed by atoms with Crippen molar-refractivity contribution in [2.24, 2.45) is 0 Å². The zero-order chi connectivity index (χ0) is 17.4. The number of fused-ring (bicyclic) bond motifs is 1. The Labute approximate surface area is 143 Å². The van der Waals surface area contributed by atoms with E-state index in [4.69, 9.17) is 0 Å². The van der Waals surface area contributed by atoms with E-state index in [1.807, 2.05) is 11.0 Å². The van der Waals surface area contributed by atoms with Gasteiger partial charge in [-0.1, -0.05) is 0 Å². The molecule has 1 N–H and O–H groups in total. The van der Waals surface area contributed by atoms with Gasteiger partial charge in [0.1, 0.15) is 12.0 Å². The molecule has 0 radical (unpaired) electrons. The molecule has 8 heteroatoms. The lowest BCUT2D eigenvalue weighted by atomic mass is 10.3. The summed E-state index contributed by atoms with van der Waals surface area (Å²) in [5, 5.41) is 7.31. The maximum Gasteiger partial charge on any atom is 0.276 e. The third kappa shape index (κ3) is 2.90. The Kier molecular flexibility index (Phi) is 3.79. The second-order valence-electron chi connectivity index (χ2n) is 6.04. The van der Waals surface area contributed by atoms with Crippen LogP contribution in [0.3, 0.4) is 0 Å². The normalized spacial score (nSPS) is 17.2. The summed E-state index contributed by atoms with van der Waals surface area (Å²) in [6.07, 6.45) is 2.87. The molecular formula is C17H17FN6O. The van der Waals surface area contributed by atoms with Gasteiger partial charge in [0.25, 0.3) is 5.91 Å². The fourth-order valence-corrected chi connectivity index (χ4v) is 3.02. The Morgan fingerprint density at radius 1 is 1.36 bits per heavy atom. The van der Waals surface area contributed by atoms with Gasteiger partial charge in [-0.3, -0.25) is 9.78 Å². The van der Waals surface area contributed by atoms with Crippen molar-refractivity contribution in [2.45, 2.75) is 19.5 Å². The quantitative estimate of drug-likeness (QED) is 0.791. The van der Waals surface area contributed by atoms with Gasteiger partial charge in [-0.2, -0.15) is 0 Å². The fourth-order valence-electron chi connectivity index (χ4n) is 3.02. The van der Waals surface area contributed by atoms with Crippen molar-refractivity contribution in [3.05, 3.63) is 48.0 Å². The number of carbonyl (C=O) groups is 1. The molecule has 4 rings (SSSR count). The topological polar surface area (TPSA) is 75.4 Å². The molecule has 128 valence electrons. The number of hydrogen-bond donors (Lipinski definition) is 1. The summed E-state index contributed by atoms with van der Waals surface area (Å²) >= 11 is 0. The number of pyridine rings is 1. The van der Waals surface area contributed by atoms with E-state index in [1.165, 1.54) is 4.52 Å². The van der Waals surface area contributed by atoms with Crippen LogP contribution in [0.4, 0.5) is 15.9 Å². The molecule has 1 amide bonds. The Hall–Kier alpha value is -3.03. The highest BCUT2D eigenvalue weighted by molar-refractivity contribution is 6.04. The summed E-state index contributed by atoms with van der Waals surface area (Å²) in [5.74, 6) is 0.327. The van der Waals surface area contributed by atoms with E-state index in [9.17, 15) is 9.18 Å². The molecule has 1 aliphatic rings. The molecule has 0 aliphatic carbocycles. The molecule has 0 saturated carbocycles. The highest BCUT2D eigenvalue weighted by Gasteiger charge is 2.24. The number of imidazole rings is 1. The zero-order valence-corrected chi connectivity index (χ0v) is 13.7. The van der Waals surface area contributed by atoms with Crippen molar-refractivity contribution in [1.82, 2.24) is 19.6 Å². The number of nitrogens with zero attached hydrogens (tertiary/aromatic N) is 5. The van der Waals surface area contributed by atoms with Crippen molar-refractivity contribution in [2.75, 3.05) is 23.3 Å². The Morgan fingerprint density at radius 2 is 2.24 bits per heavy atom. The number of aryl methyl sites for hydroxylation is 1. The van der Waals surface area contributed by atoms with Gasteiger partial charge in [0.15, 0.2) is 11.3 Å². The first kappa shape index (κ1) is 15.5. The molecule has 1 fully saturated rings. The van der Waals surface area contributed by atoms with E-state index >= 15 is 0 Å². The molecule has 1 unspecified atom stereocenters. The average molecular weight is 340 g/mol. The zero-order valence-electron chi connectivity index (χ0n) is 13.7. The van der Waals surface area contributed by atoms with Crippen LogP contribution in [0.25, 0.3) is 5.65 Å². The van der Waals surface area contributed by atoms with Crippen molar-refractivity contribution in [3.63, 3.8) is 0 Å². The number of carbonyl (C=O) groups excluding carboxylic acids is 1. The van der Waals surface area contributed by atoms with Crippen LogP contribution < -0.4 is 10.2 Å².